The third kappa shape index (κ3) is 7.31. The quantitative estimate of drug-likeness (QED) is 0.484. The minimum absolute atomic E-state index is 0.0815. The van der Waals surface area contributed by atoms with Crippen molar-refractivity contribution in [2.45, 2.75) is 77.5 Å². The zero-order valence-corrected chi connectivity index (χ0v) is 19.7. The highest BCUT2D eigenvalue weighted by Gasteiger charge is 2.39. The summed E-state index contributed by atoms with van der Waals surface area (Å²) in [6, 6.07) is 7.63. The molecule has 0 aliphatic carbocycles. The Bertz CT molecular complexity index is 746. The third-order valence-electron chi connectivity index (χ3n) is 5.60. The Morgan fingerprint density at radius 2 is 2.03 bits per heavy atom. The molecule has 2 unspecified atom stereocenters. The summed E-state index contributed by atoms with van der Waals surface area (Å²) in [5.74, 6) is 6.70. The molecule has 4 nitrogen and oxygen atoms in total. The number of allylic oxidation sites excluding steroid dienone is 1. The fourth-order valence-electron chi connectivity index (χ4n) is 2.66. The van der Waals surface area contributed by atoms with Gasteiger partial charge in [0.05, 0.1) is 6.61 Å². The molecule has 0 spiro atoms. The van der Waals surface area contributed by atoms with Gasteiger partial charge in [0.2, 0.25) is 8.32 Å². The lowest BCUT2D eigenvalue weighted by Gasteiger charge is -2.37. The van der Waals surface area contributed by atoms with Crippen molar-refractivity contribution in [1.82, 2.24) is 0 Å². The number of hydrogen-bond acceptors (Lipinski definition) is 4. The van der Waals surface area contributed by atoms with E-state index in [1.54, 1.807) is 0 Å². The van der Waals surface area contributed by atoms with E-state index in [-0.39, 0.29) is 11.3 Å². The normalized spacial score (nSPS) is 19.3. The first-order valence-corrected chi connectivity index (χ1v) is 13.4. The minimum Gasteiger partial charge on any atom is -0.543 e. The van der Waals surface area contributed by atoms with Crippen LogP contribution in [0.25, 0.3) is 0 Å². The monoisotopic (exact) mass is 416 g/mol. The van der Waals surface area contributed by atoms with Gasteiger partial charge in [0.1, 0.15) is 11.9 Å². The van der Waals surface area contributed by atoms with Crippen molar-refractivity contribution in [2.24, 2.45) is 0 Å². The zero-order chi connectivity index (χ0) is 21.5. The van der Waals surface area contributed by atoms with E-state index < -0.39 is 14.4 Å². The third-order valence-corrected chi connectivity index (χ3v) is 9.94. The van der Waals surface area contributed by atoms with Crippen LogP contribution in [0.1, 0.15) is 58.6 Å². The highest BCUT2D eigenvalue weighted by molar-refractivity contribution is 6.74. The van der Waals surface area contributed by atoms with Crippen LogP contribution in [0.3, 0.4) is 0 Å². The SMILES string of the molecule is C/C(C#CC(O)c1ccccc1O[Si](C)(C)C(C)(C)C)=C/COC1CCCCO1. The second-order valence-electron chi connectivity index (χ2n) is 9.09. The van der Waals surface area contributed by atoms with Gasteiger partial charge in [-0.3, -0.25) is 0 Å². The van der Waals surface area contributed by atoms with Gasteiger partial charge >= 0.3 is 0 Å². The standard InChI is InChI=1S/C24H36O4Si/c1-19(16-18-27-23-13-9-10-17-26-23)14-15-21(25)20-11-7-8-12-22(20)28-29(5,6)24(2,3)4/h7-8,11-12,16,21,23,25H,9-10,13,17-18H2,1-6H3/b19-16-. The lowest BCUT2D eigenvalue weighted by atomic mass is 10.1. The summed E-state index contributed by atoms with van der Waals surface area (Å²) in [5, 5.41) is 10.7. The summed E-state index contributed by atoms with van der Waals surface area (Å²) in [5.41, 5.74) is 1.58. The molecule has 2 rings (SSSR count). The molecule has 1 aliphatic rings. The van der Waals surface area contributed by atoms with E-state index in [0.29, 0.717) is 12.2 Å². The van der Waals surface area contributed by atoms with Gasteiger partial charge in [-0.1, -0.05) is 50.8 Å². The van der Waals surface area contributed by atoms with E-state index in [9.17, 15) is 5.11 Å². The van der Waals surface area contributed by atoms with Gasteiger partial charge < -0.3 is 19.0 Å². The molecule has 5 heteroatoms. The molecule has 29 heavy (non-hydrogen) atoms. The zero-order valence-electron chi connectivity index (χ0n) is 18.7. The largest absolute Gasteiger partial charge is 0.543 e. The van der Waals surface area contributed by atoms with E-state index in [1.165, 1.54) is 0 Å². The molecule has 1 heterocycles. The van der Waals surface area contributed by atoms with E-state index in [1.807, 2.05) is 37.3 Å². The summed E-state index contributed by atoms with van der Waals surface area (Å²) in [6.45, 7) is 14.2. The Kier molecular flexibility index (Phi) is 8.54. The van der Waals surface area contributed by atoms with Crippen LogP contribution in [0, 0.1) is 11.8 Å². The number of benzene rings is 1. The smallest absolute Gasteiger partial charge is 0.250 e. The van der Waals surface area contributed by atoms with E-state index in [2.05, 4.69) is 45.7 Å². The van der Waals surface area contributed by atoms with Crippen LogP contribution >= 0.6 is 0 Å². The molecule has 0 aromatic heterocycles. The second kappa shape index (κ2) is 10.4. The van der Waals surface area contributed by atoms with Crippen molar-refractivity contribution >= 4 is 8.32 Å². The van der Waals surface area contributed by atoms with Crippen LogP contribution in [-0.4, -0.2) is 32.9 Å². The van der Waals surface area contributed by atoms with Gasteiger partial charge in [-0.15, -0.1) is 0 Å². The Morgan fingerprint density at radius 1 is 1.31 bits per heavy atom. The van der Waals surface area contributed by atoms with Crippen molar-refractivity contribution in [1.29, 1.82) is 0 Å². The van der Waals surface area contributed by atoms with Crippen LogP contribution in [0.4, 0.5) is 0 Å². The van der Waals surface area contributed by atoms with Crippen molar-refractivity contribution < 1.29 is 19.0 Å². The first kappa shape index (κ1) is 23.7. The molecule has 0 radical (unpaired) electrons. The van der Waals surface area contributed by atoms with Crippen molar-refractivity contribution in [2.75, 3.05) is 13.2 Å². The molecule has 1 aromatic rings. The van der Waals surface area contributed by atoms with Crippen LogP contribution in [0.5, 0.6) is 5.75 Å². The minimum atomic E-state index is -2.00. The molecule has 1 N–H and O–H groups in total. The Balaban J connectivity index is 2.02. The summed E-state index contributed by atoms with van der Waals surface area (Å²) >= 11 is 0. The fraction of sp³-hybridized carbons (Fsp3) is 0.583. The number of rotatable bonds is 6. The van der Waals surface area contributed by atoms with Crippen molar-refractivity contribution in [3.05, 3.63) is 41.5 Å². The van der Waals surface area contributed by atoms with Crippen molar-refractivity contribution in [3.63, 3.8) is 0 Å². The maximum Gasteiger partial charge on any atom is 0.250 e. The van der Waals surface area contributed by atoms with Gasteiger partial charge in [-0.25, -0.2) is 0 Å². The number of ether oxygens (including phenoxy) is 2. The number of para-hydroxylation sites is 1. The maximum absolute atomic E-state index is 10.7. The van der Waals surface area contributed by atoms with Crippen LogP contribution in [0.2, 0.25) is 18.1 Å². The van der Waals surface area contributed by atoms with Crippen LogP contribution in [-0.2, 0) is 9.47 Å². The predicted molar refractivity (Wildman–Crippen MR) is 120 cm³/mol. The van der Waals surface area contributed by atoms with Gasteiger partial charge in [0.15, 0.2) is 6.29 Å². The molecule has 1 fully saturated rings. The Labute approximate surface area is 177 Å². The molecular formula is C24H36O4Si. The lowest BCUT2D eigenvalue weighted by molar-refractivity contribution is -0.155. The predicted octanol–water partition coefficient (Wildman–Crippen LogP) is 5.60. The highest BCUT2D eigenvalue weighted by atomic mass is 28.4. The molecule has 0 saturated carbocycles. The van der Waals surface area contributed by atoms with E-state index in [0.717, 1.165) is 37.2 Å². The van der Waals surface area contributed by atoms with Gasteiger partial charge in [0.25, 0.3) is 0 Å². The second-order valence-corrected chi connectivity index (χ2v) is 13.8. The highest BCUT2D eigenvalue weighted by Crippen LogP contribution is 2.39. The molecule has 1 saturated heterocycles. The number of hydrogen-bond donors (Lipinski definition) is 1. The topological polar surface area (TPSA) is 47.9 Å². The molecule has 160 valence electrons. The van der Waals surface area contributed by atoms with Crippen LogP contribution in [0.15, 0.2) is 35.9 Å². The Morgan fingerprint density at radius 3 is 2.69 bits per heavy atom. The molecule has 1 aliphatic heterocycles. The average molecular weight is 417 g/mol. The molecular weight excluding hydrogens is 380 g/mol. The van der Waals surface area contributed by atoms with Crippen molar-refractivity contribution in [3.8, 4) is 17.6 Å². The molecule has 1 aromatic carbocycles. The molecule has 0 bridgehead atoms. The fourth-order valence-corrected chi connectivity index (χ4v) is 3.70. The van der Waals surface area contributed by atoms with E-state index in [4.69, 9.17) is 13.9 Å². The van der Waals surface area contributed by atoms with Crippen LogP contribution < -0.4 is 4.43 Å². The summed E-state index contributed by atoms with van der Waals surface area (Å²) in [7, 11) is -2.00. The molecule has 0 amide bonds. The average Bonchev–Trinajstić information content (AvgIpc) is 2.66. The first-order valence-electron chi connectivity index (χ1n) is 10.5. The van der Waals surface area contributed by atoms with Gasteiger partial charge in [-0.05, 0) is 62.0 Å². The van der Waals surface area contributed by atoms with E-state index >= 15 is 0 Å². The summed E-state index contributed by atoms with van der Waals surface area (Å²) in [6.07, 6.45) is 4.12. The van der Waals surface area contributed by atoms with Gasteiger partial charge in [-0.2, -0.15) is 0 Å². The molecule has 2 atom stereocenters. The lowest BCUT2D eigenvalue weighted by Crippen LogP contribution is -2.44. The Hall–Kier alpha value is -1.58. The first-order chi connectivity index (χ1) is 13.6. The number of aliphatic hydroxyl groups is 1. The summed E-state index contributed by atoms with van der Waals surface area (Å²) in [4.78, 5) is 0. The van der Waals surface area contributed by atoms with Gasteiger partial charge in [0, 0.05) is 12.2 Å². The summed E-state index contributed by atoms with van der Waals surface area (Å²) < 4.78 is 17.7. The maximum atomic E-state index is 10.7. The number of aliphatic hydroxyl groups excluding tert-OH is 1.